The Morgan fingerprint density at radius 2 is 1.62 bits per heavy atom. The van der Waals surface area contributed by atoms with Crippen LogP contribution in [0.4, 0.5) is 0 Å². The van der Waals surface area contributed by atoms with E-state index in [1.165, 1.54) is 27.5 Å². The lowest BCUT2D eigenvalue weighted by Gasteiger charge is -2.16. The molecule has 0 N–H and O–H groups in total. The Hall–Kier alpha value is -2.83. The molecule has 0 saturated heterocycles. The molecule has 0 bridgehead atoms. The van der Waals surface area contributed by atoms with E-state index in [1.54, 1.807) is 13.2 Å². The Morgan fingerprint density at radius 1 is 0.962 bits per heavy atom. The van der Waals surface area contributed by atoms with Crippen molar-refractivity contribution in [3.63, 3.8) is 0 Å². The second kappa shape index (κ2) is 8.51. The Kier molecular flexibility index (Phi) is 6.38. The predicted octanol–water partition coefficient (Wildman–Crippen LogP) is 2.94. The number of aromatic nitrogens is 2. The van der Waals surface area contributed by atoms with Crippen LogP contribution < -0.4 is 18.9 Å². The van der Waals surface area contributed by atoms with E-state index in [2.05, 4.69) is 23.8 Å². The van der Waals surface area contributed by atoms with Crippen LogP contribution in [0.1, 0.15) is 35.3 Å². The molecule has 1 aromatic heterocycles. The van der Waals surface area contributed by atoms with E-state index in [0.29, 0.717) is 29.4 Å². The molecular weight excluding hydrogens is 336 g/mol. The molecule has 0 atom stereocenters. The van der Waals surface area contributed by atoms with Gasteiger partial charge in [0.2, 0.25) is 5.88 Å². The second-order valence-electron chi connectivity index (χ2n) is 6.07. The largest absolute Gasteiger partial charge is 0.493 e. The molecule has 7 heteroatoms. The summed E-state index contributed by atoms with van der Waals surface area (Å²) in [4.78, 5) is 21.3. The number of carbonyl (C=O) groups excluding carboxylic acids is 1. The van der Waals surface area contributed by atoms with E-state index < -0.39 is 0 Å². The molecule has 26 heavy (non-hydrogen) atoms. The summed E-state index contributed by atoms with van der Waals surface area (Å²) >= 11 is 0. The van der Waals surface area contributed by atoms with Crippen molar-refractivity contribution in [1.82, 2.24) is 9.97 Å². The van der Waals surface area contributed by atoms with Gasteiger partial charge in [0.1, 0.15) is 5.56 Å². The molecule has 7 nitrogen and oxygen atoms in total. The van der Waals surface area contributed by atoms with Gasteiger partial charge in [-0.1, -0.05) is 13.8 Å². The van der Waals surface area contributed by atoms with Crippen LogP contribution in [0.15, 0.2) is 18.3 Å². The highest BCUT2D eigenvalue weighted by Crippen LogP contribution is 2.33. The van der Waals surface area contributed by atoms with Crippen molar-refractivity contribution in [3.05, 3.63) is 35.0 Å². The fourth-order valence-electron chi connectivity index (χ4n) is 2.65. The van der Waals surface area contributed by atoms with Crippen LogP contribution in [0.2, 0.25) is 0 Å². The summed E-state index contributed by atoms with van der Waals surface area (Å²) in [5, 5.41) is 0. The third-order valence-electron chi connectivity index (χ3n) is 3.83. The fourth-order valence-corrected chi connectivity index (χ4v) is 2.65. The summed E-state index contributed by atoms with van der Waals surface area (Å²) in [6.45, 7) is 4.17. The minimum absolute atomic E-state index is 0.133. The van der Waals surface area contributed by atoms with Gasteiger partial charge in [0.15, 0.2) is 17.3 Å². The third-order valence-corrected chi connectivity index (χ3v) is 3.83. The zero-order chi connectivity index (χ0) is 19.3. The number of hydrogen-bond donors (Lipinski definition) is 0. The van der Waals surface area contributed by atoms with Gasteiger partial charge in [0, 0.05) is 11.8 Å². The van der Waals surface area contributed by atoms with Crippen molar-refractivity contribution >= 4 is 5.78 Å². The first-order valence-corrected chi connectivity index (χ1v) is 8.19. The fraction of sp³-hybridized carbons (Fsp3) is 0.421. The van der Waals surface area contributed by atoms with Crippen molar-refractivity contribution in [2.24, 2.45) is 5.92 Å². The standard InChI is InChI=1S/C19H24N2O5/c1-11(2)7-12-8-15(23-3)16(24-4)9-13(12)17(22)14-10-20-19(26-6)21-18(14)25-5/h8-11H,7H2,1-6H3. The molecule has 0 aliphatic rings. The van der Waals surface area contributed by atoms with E-state index in [1.807, 2.05) is 6.07 Å². The molecule has 1 aromatic carbocycles. The van der Waals surface area contributed by atoms with E-state index in [9.17, 15) is 4.79 Å². The molecule has 0 radical (unpaired) electrons. The summed E-state index contributed by atoms with van der Waals surface area (Å²) in [6, 6.07) is 3.65. The number of hydrogen-bond acceptors (Lipinski definition) is 7. The Balaban J connectivity index is 2.60. The van der Waals surface area contributed by atoms with Gasteiger partial charge in [-0.25, -0.2) is 4.98 Å². The van der Waals surface area contributed by atoms with Gasteiger partial charge < -0.3 is 18.9 Å². The van der Waals surface area contributed by atoms with Crippen LogP contribution in [-0.2, 0) is 6.42 Å². The minimum atomic E-state index is -0.249. The van der Waals surface area contributed by atoms with Crippen LogP contribution >= 0.6 is 0 Å². The zero-order valence-corrected chi connectivity index (χ0v) is 16.0. The van der Waals surface area contributed by atoms with Gasteiger partial charge >= 0.3 is 6.01 Å². The van der Waals surface area contributed by atoms with Gasteiger partial charge in [-0.2, -0.15) is 4.98 Å². The number of rotatable bonds is 8. The summed E-state index contributed by atoms with van der Waals surface area (Å²) in [5.41, 5.74) is 1.62. The van der Waals surface area contributed by atoms with Crippen LogP contribution in [0.3, 0.4) is 0 Å². The molecule has 2 rings (SSSR count). The summed E-state index contributed by atoms with van der Waals surface area (Å²) in [5.74, 6) is 1.33. The molecule has 0 aliphatic carbocycles. The molecule has 0 fully saturated rings. The monoisotopic (exact) mass is 360 g/mol. The number of benzene rings is 1. The van der Waals surface area contributed by atoms with E-state index in [-0.39, 0.29) is 23.2 Å². The topological polar surface area (TPSA) is 79.8 Å². The first-order chi connectivity index (χ1) is 12.4. The lowest BCUT2D eigenvalue weighted by molar-refractivity contribution is 0.103. The van der Waals surface area contributed by atoms with Crippen LogP contribution in [0.25, 0.3) is 0 Å². The summed E-state index contributed by atoms with van der Waals surface area (Å²) in [7, 11) is 6.00. The SMILES string of the molecule is COc1ncc(C(=O)c2cc(OC)c(OC)cc2CC(C)C)c(OC)n1. The zero-order valence-electron chi connectivity index (χ0n) is 16.0. The van der Waals surface area contributed by atoms with Gasteiger partial charge in [-0.3, -0.25) is 4.79 Å². The number of ketones is 1. The quantitative estimate of drug-likeness (QED) is 0.670. The van der Waals surface area contributed by atoms with Crippen LogP contribution in [-0.4, -0.2) is 44.2 Å². The Bertz CT molecular complexity index is 790. The lowest BCUT2D eigenvalue weighted by Crippen LogP contribution is -2.12. The maximum atomic E-state index is 13.2. The molecule has 2 aromatic rings. The summed E-state index contributed by atoms with van der Waals surface area (Å²) < 4.78 is 21.0. The molecule has 0 spiro atoms. The molecule has 0 aliphatic heterocycles. The normalized spacial score (nSPS) is 10.6. The maximum Gasteiger partial charge on any atom is 0.319 e. The van der Waals surface area contributed by atoms with Crippen molar-refractivity contribution in [3.8, 4) is 23.4 Å². The molecule has 0 unspecified atom stereocenters. The van der Waals surface area contributed by atoms with E-state index >= 15 is 0 Å². The average molecular weight is 360 g/mol. The van der Waals surface area contributed by atoms with E-state index in [4.69, 9.17) is 18.9 Å². The Labute approximate surface area is 153 Å². The third kappa shape index (κ3) is 4.04. The highest BCUT2D eigenvalue weighted by atomic mass is 16.5. The van der Waals surface area contributed by atoms with Crippen molar-refractivity contribution < 1.29 is 23.7 Å². The van der Waals surface area contributed by atoms with E-state index in [0.717, 1.165) is 5.56 Å². The highest BCUT2D eigenvalue weighted by molar-refractivity contribution is 6.11. The highest BCUT2D eigenvalue weighted by Gasteiger charge is 2.23. The molecular formula is C19H24N2O5. The first-order valence-electron chi connectivity index (χ1n) is 8.19. The number of nitrogens with zero attached hydrogens (tertiary/aromatic N) is 2. The number of ether oxygens (including phenoxy) is 4. The van der Waals surface area contributed by atoms with Gasteiger partial charge in [0.05, 0.1) is 28.4 Å². The predicted molar refractivity (Wildman–Crippen MR) is 96.7 cm³/mol. The average Bonchev–Trinajstić information content (AvgIpc) is 2.65. The minimum Gasteiger partial charge on any atom is -0.493 e. The van der Waals surface area contributed by atoms with Crippen LogP contribution in [0, 0.1) is 5.92 Å². The number of carbonyl (C=O) groups is 1. The van der Waals surface area contributed by atoms with Gasteiger partial charge in [-0.05, 0) is 30.0 Å². The number of methoxy groups -OCH3 is 4. The van der Waals surface area contributed by atoms with Crippen molar-refractivity contribution in [2.45, 2.75) is 20.3 Å². The molecule has 140 valence electrons. The van der Waals surface area contributed by atoms with Crippen molar-refractivity contribution in [1.29, 1.82) is 0 Å². The van der Waals surface area contributed by atoms with Crippen LogP contribution in [0.5, 0.6) is 23.4 Å². The lowest BCUT2D eigenvalue weighted by atomic mass is 9.93. The van der Waals surface area contributed by atoms with Crippen molar-refractivity contribution in [2.75, 3.05) is 28.4 Å². The van der Waals surface area contributed by atoms with Gasteiger partial charge in [-0.15, -0.1) is 0 Å². The first kappa shape index (κ1) is 19.5. The summed E-state index contributed by atoms with van der Waals surface area (Å²) in [6.07, 6.45) is 2.11. The second-order valence-corrected chi connectivity index (χ2v) is 6.07. The molecule has 1 heterocycles. The maximum absolute atomic E-state index is 13.2. The smallest absolute Gasteiger partial charge is 0.319 e. The Morgan fingerprint density at radius 3 is 2.15 bits per heavy atom. The van der Waals surface area contributed by atoms with Gasteiger partial charge in [0.25, 0.3) is 0 Å². The molecule has 0 saturated carbocycles. The molecule has 0 amide bonds.